The molecule has 0 unspecified atom stereocenters. The van der Waals surface area contributed by atoms with Crippen LogP contribution >= 0.6 is 0 Å². The third-order valence-corrected chi connectivity index (χ3v) is 2.29. The van der Waals surface area contributed by atoms with Crippen molar-refractivity contribution < 1.29 is 23.6 Å². The molecule has 108 valence electrons. The Labute approximate surface area is 115 Å². The van der Waals surface area contributed by atoms with Gasteiger partial charge >= 0.3 is 13.7 Å². The molecule has 2 aromatic rings. The SMILES string of the molecule is CC.Cc1cc(B(O)O)c2ncc(OC(F)F)nc2c1. The summed E-state index contributed by atoms with van der Waals surface area (Å²) in [6.07, 6.45) is 1.01. The van der Waals surface area contributed by atoms with Crippen LogP contribution in [-0.4, -0.2) is 33.7 Å². The lowest BCUT2D eigenvalue weighted by molar-refractivity contribution is -0.0528. The summed E-state index contributed by atoms with van der Waals surface area (Å²) >= 11 is 0. The molecule has 2 N–H and O–H groups in total. The van der Waals surface area contributed by atoms with Crippen LogP contribution in [-0.2, 0) is 0 Å². The van der Waals surface area contributed by atoms with E-state index in [1.165, 1.54) is 6.07 Å². The number of nitrogens with zero attached hydrogens (tertiary/aromatic N) is 2. The van der Waals surface area contributed by atoms with E-state index in [-0.39, 0.29) is 22.4 Å². The van der Waals surface area contributed by atoms with E-state index in [2.05, 4.69) is 14.7 Å². The Balaban J connectivity index is 0.000000956. The molecular formula is C12H15BF2N2O3. The predicted molar refractivity (Wildman–Crippen MR) is 72.1 cm³/mol. The van der Waals surface area contributed by atoms with Crippen molar-refractivity contribution in [3.05, 3.63) is 23.9 Å². The van der Waals surface area contributed by atoms with E-state index in [0.29, 0.717) is 5.56 Å². The molecule has 2 rings (SSSR count). The summed E-state index contributed by atoms with van der Waals surface area (Å²) in [4.78, 5) is 7.69. The van der Waals surface area contributed by atoms with Crippen LogP contribution in [0.15, 0.2) is 18.3 Å². The molecule has 1 heterocycles. The number of halogens is 2. The minimum atomic E-state index is -2.98. The Morgan fingerprint density at radius 1 is 1.25 bits per heavy atom. The Bertz CT molecular complexity index is 582. The summed E-state index contributed by atoms with van der Waals surface area (Å²) in [6.45, 7) is 2.73. The Morgan fingerprint density at radius 2 is 1.90 bits per heavy atom. The second kappa shape index (κ2) is 7.11. The van der Waals surface area contributed by atoms with E-state index in [4.69, 9.17) is 0 Å². The molecule has 0 saturated carbocycles. The van der Waals surface area contributed by atoms with Crippen LogP contribution in [0.4, 0.5) is 8.78 Å². The standard InChI is InChI=1S/C10H9BF2N2O3.C2H6/c1-5-2-6(11(16)17)9-7(3-5)15-8(4-14-9)18-10(12)13;1-2/h2-4,10,16-17H,1H3;1-2H3. The van der Waals surface area contributed by atoms with Crippen molar-refractivity contribution in [3.8, 4) is 5.88 Å². The molecule has 0 fully saturated rings. The topological polar surface area (TPSA) is 75.5 Å². The first kappa shape index (κ1) is 16.3. The number of hydrogen-bond donors (Lipinski definition) is 2. The van der Waals surface area contributed by atoms with Crippen LogP contribution in [0.1, 0.15) is 19.4 Å². The maximum Gasteiger partial charge on any atom is 0.490 e. The summed E-state index contributed by atoms with van der Waals surface area (Å²) in [7, 11) is -1.71. The third kappa shape index (κ3) is 3.85. The third-order valence-electron chi connectivity index (χ3n) is 2.29. The lowest BCUT2D eigenvalue weighted by atomic mass is 9.78. The zero-order valence-corrected chi connectivity index (χ0v) is 11.3. The fourth-order valence-electron chi connectivity index (χ4n) is 1.63. The number of benzene rings is 1. The molecule has 0 aliphatic heterocycles. The van der Waals surface area contributed by atoms with Crippen LogP contribution < -0.4 is 10.2 Å². The smallest absolute Gasteiger partial charge is 0.423 e. The summed E-state index contributed by atoms with van der Waals surface area (Å²) in [6, 6.07) is 3.13. The first-order chi connectivity index (χ1) is 9.47. The summed E-state index contributed by atoms with van der Waals surface area (Å²) in [5, 5.41) is 18.4. The average molecular weight is 284 g/mol. The number of aromatic nitrogens is 2. The highest BCUT2D eigenvalue weighted by Crippen LogP contribution is 2.15. The molecule has 0 aliphatic rings. The molecule has 5 nitrogen and oxygen atoms in total. The molecule has 0 amide bonds. The summed E-state index contributed by atoms with van der Waals surface area (Å²) in [5.41, 5.74) is 1.36. The Kier molecular flexibility index (Phi) is 5.78. The lowest BCUT2D eigenvalue weighted by Gasteiger charge is -2.08. The molecule has 0 atom stereocenters. The van der Waals surface area contributed by atoms with Gasteiger partial charge in [-0.15, -0.1) is 0 Å². The number of alkyl halides is 2. The van der Waals surface area contributed by atoms with Crippen molar-refractivity contribution in [1.29, 1.82) is 0 Å². The van der Waals surface area contributed by atoms with Crippen molar-refractivity contribution in [2.45, 2.75) is 27.4 Å². The highest BCUT2D eigenvalue weighted by molar-refractivity contribution is 6.61. The van der Waals surface area contributed by atoms with Gasteiger partial charge in [0.2, 0.25) is 5.88 Å². The van der Waals surface area contributed by atoms with Gasteiger partial charge in [0, 0.05) is 5.46 Å². The maximum absolute atomic E-state index is 12.0. The normalized spacial score (nSPS) is 10.2. The lowest BCUT2D eigenvalue weighted by Crippen LogP contribution is -2.31. The van der Waals surface area contributed by atoms with Crippen LogP contribution in [0.2, 0.25) is 0 Å². The van der Waals surface area contributed by atoms with Crippen LogP contribution in [0, 0.1) is 6.92 Å². The van der Waals surface area contributed by atoms with Gasteiger partial charge in [-0.3, -0.25) is 0 Å². The molecule has 1 aromatic carbocycles. The molecule has 0 spiro atoms. The van der Waals surface area contributed by atoms with Crippen LogP contribution in [0.25, 0.3) is 11.0 Å². The number of fused-ring (bicyclic) bond motifs is 1. The fraction of sp³-hybridized carbons (Fsp3) is 0.333. The fourth-order valence-corrected chi connectivity index (χ4v) is 1.63. The van der Waals surface area contributed by atoms with Gasteiger partial charge in [0.25, 0.3) is 0 Å². The van der Waals surface area contributed by atoms with E-state index < -0.39 is 13.7 Å². The minimum absolute atomic E-state index is 0.168. The molecule has 20 heavy (non-hydrogen) atoms. The van der Waals surface area contributed by atoms with Gasteiger partial charge in [-0.25, -0.2) is 9.97 Å². The van der Waals surface area contributed by atoms with E-state index >= 15 is 0 Å². The Morgan fingerprint density at radius 3 is 2.45 bits per heavy atom. The monoisotopic (exact) mass is 284 g/mol. The summed E-state index contributed by atoms with van der Waals surface area (Å²) < 4.78 is 28.2. The number of ether oxygens (including phenoxy) is 1. The van der Waals surface area contributed by atoms with Gasteiger partial charge in [0.05, 0.1) is 17.2 Å². The van der Waals surface area contributed by atoms with Crippen LogP contribution in [0.3, 0.4) is 0 Å². The second-order valence-electron chi connectivity index (χ2n) is 3.68. The Hall–Kier alpha value is -1.80. The first-order valence-corrected chi connectivity index (χ1v) is 6.05. The van der Waals surface area contributed by atoms with Gasteiger partial charge in [0.1, 0.15) is 0 Å². The second-order valence-corrected chi connectivity index (χ2v) is 3.68. The van der Waals surface area contributed by atoms with Gasteiger partial charge in [0.15, 0.2) is 0 Å². The number of rotatable bonds is 3. The highest BCUT2D eigenvalue weighted by atomic mass is 19.3. The van der Waals surface area contributed by atoms with Crippen molar-refractivity contribution in [2.24, 2.45) is 0 Å². The number of hydrogen-bond acceptors (Lipinski definition) is 5. The van der Waals surface area contributed by atoms with Gasteiger partial charge < -0.3 is 14.8 Å². The average Bonchev–Trinajstić information content (AvgIpc) is 2.38. The van der Waals surface area contributed by atoms with Gasteiger partial charge in [-0.2, -0.15) is 8.78 Å². The van der Waals surface area contributed by atoms with Crippen molar-refractivity contribution >= 4 is 23.6 Å². The molecule has 0 bridgehead atoms. The predicted octanol–water partition coefficient (Wildman–Crippen LogP) is 1.25. The van der Waals surface area contributed by atoms with Crippen molar-refractivity contribution in [3.63, 3.8) is 0 Å². The van der Waals surface area contributed by atoms with Gasteiger partial charge in [-0.1, -0.05) is 19.9 Å². The molecule has 1 aromatic heterocycles. The largest absolute Gasteiger partial charge is 0.490 e. The van der Waals surface area contributed by atoms with Crippen molar-refractivity contribution in [2.75, 3.05) is 0 Å². The van der Waals surface area contributed by atoms with Gasteiger partial charge in [-0.05, 0) is 18.6 Å². The zero-order chi connectivity index (χ0) is 15.3. The van der Waals surface area contributed by atoms with Crippen LogP contribution in [0.5, 0.6) is 5.88 Å². The number of aryl methyl sites for hydroxylation is 1. The maximum atomic E-state index is 12.0. The minimum Gasteiger partial charge on any atom is -0.423 e. The quantitative estimate of drug-likeness (QED) is 0.829. The molecule has 0 radical (unpaired) electrons. The van der Waals surface area contributed by atoms with E-state index in [1.807, 2.05) is 13.8 Å². The zero-order valence-electron chi connectivity index (χ0n) is 11.3. The summed E-state index contributed by atoms with van der Waals surface area (Å²) in [5.74, 6) is -0.318. The molecule has 8 heteroatoms. The molecule has 0 aliphatic carbocycles. The first-order valence-electron chi connectivity index (χ1n) is 6.05. The van der Waals surface area contributed by atoms with E-state index in [1.54, 1.807) is 13.0 Å². The molecule has 0 saturated heterocycles. The van der Waals surface area contributed by atoms with E-state index in [9.17, 15) is 18.8 Å². The molecular weight excluding hydrogens is 269 g/mol. The van der Waals surface area contributed by atoms with E-state index in [0.717, 1.165) is 6.20 Å². The highest BCUT2D eigenvalue weighted by Gasteiger charge is 2.18. The van der Waals surface area contributed by atoms with Crippen molar-refractivity contribution in [1.82, 2.24) is 9.97 Å².